The van der Waals surface area contributed by atoms with Gasteiger partial charge in [-0.25, -0.2) is 8.42 Å². The van der Waals surface area contributed by atoms with Crippen molar-refractivity contribution in [2.75, 3.05) is 18.5 Å². The quantitative estimate of drug-likeness (QED) is 0.769. The molecule has 1 aromatic carbocycles. The first kappa shape index (κ1) is 18.9. The maximum absolute atomic E-state index is 13.0. The van der Waals surface area contributed by atoms with Crippen LogP contribution < -0.4 is 5.32 Å². The lowest BCUT2D eigenvalue weighted by Crippen LogP contribution is -2.51. The highest BCUT2D eigenvalue weighted by molar-refractivity contribution is 7.91. The Kier molecular flexibility index (Phi) is 5.66. The number of amides is 1. The van der Waals surface area contributed by atoms with Gasteiger partial charge in [0.05, 0.1) is 12.7 Å². The number of nitrogens with one attached hydrogen (secondary N) is 1. The van der Waals surface area contributed by atoms with E-state index in [-0.39, 0.29) is 34.1 Å². The largest absolute Gasteiger partial charge is 0.375 e. The number of hydrogen-bond donors (Lipinski definition) is 1. The van der Waals surface area contributed by atoms with Gasteiger partial charge < -0.3 is 10.1 Å². The number of carbonyl (C=O) groups is 1. The Morgan fingerprint density at radius 1 is 1.35 bits per heavy atom. The third-order valence-corrected chi connectivity index (χ3v) is 7.14. The number of carbonyl (C=O) groups excluding carboxylic acids is 1. The van der Waals surface area contributed by atoms with Crippen molar-refractivity contribution in [2.45, 2.75) is 36.8 Å². The van der Waals surface area contributed by atoms with Crippen LogP contribution in [0.1, 0.15) is 19.4 Å². The predicted octanol–water partition coefficient (Wildman–Crippen LogP) is 1.52. The smallest absolute Gasteiger partial charge is 0.272 e. The Bertz CT molecular complexity index is 869. The van der Waals surface area contributed by atoms with Crippen molar-refractivity contribution >= 4 is 32.4 Å². The van der Waals surface area contributed by atoms with E-state index in [4.69, 9.17) is 4.74 Å². The number of ether oxygens (including phenoxy) is 1. The van der Waals surface area contributed by atoms with Crippen molar-refractivity contribution in [3.8, 4) is 0 Å². The summed E-state index contributed by atoms with van der Waals surface area (Å²) in [6, 6.07) is 9.50. The van der Waals surface area contributed by atoms with Crippen LogP contribution in [0.25, 0.3) is 0 Å². The third-order valence-electron chi connectivity index (χ3n) is 3.97. The van der Waals surface area contributed by atoms with Crippen molar-refractivity contribution in [3.05, 3.63) is 35.9 Å². The predicted molar refractivity (Wildman–Crippen MR) is 97.5 cm³/mol. The van der Waals surface area contributed by atoms with E-state index in [1.807, 2.05) is 30.3 Å². The van der Waals surface area contributed by atoms with Gasteiger partial charge in [-0.15, -0.1) is 10.2 Å². The monoisotopic (exact) mass is 396 g/mol. The fourth-order valence-corrected chi connectivity index (χ4v) is 5.45. The van der Waals surface area contributed by atoms with Gasteiger partial charge in [0.25, 0.3) is 10.0 Å². The summed E-state index contributed by atoms with van der Waals surface area (Å²) in [5.74, 6) is -0.326. The summed E-state index contributed by atoms with van der Waals surface area (Å²) in [6.07, 6.45) is 0.401. The number of sulfonamides is 1. The number of rotatable bonds is 5. The Balaban J connectivity index is 1.76. The second-order valence-corrected chi connectivity index (χ2v) is 9.16. The van der Waals surface area contributed by atoms with Gasteiger partial charge in [-0.2, -0.15) is 4.31 Å². The molecule has 0 aliphatic carbocycles. The number of benzene rings is 1. The average Bonchev–Trinajstić information content (AvgIpc) is 3.06. The van der Waals surface area contributed by atoms with Crippen molar-refractivity contribution in [1.82, 2.24) is 14.5 Å². The van der Waals surface area contributed by atoms with Crippen LogP contribution in [0.2, 0.25) is 0 Å². The first-order chi connectivity index (χ1) is 12.4. The molecule has 2 unspecified atom stereocenters. The Hall–Kier alpha value is -1.88. The number of nitrogens with zero attached hydrogens (tertiary/aromatic N) is 3. The van der Waals surface area contributed by atoms with E-state index in [2.05, 4.69) is 15.5 Å². The van der Waals surface area contributed by atoms with E-state index in [9.17, 15) is 13.2 Å². The molecule has 2 atom stereocenters. The molecule has 0 spiro atoms. The number of hydrogen-bond acceptors (Lipinski definition) is 7. The molecule has 1 aromatic heterocycles. The summed E-state index contributed by atoms with van der Waals surface area (Å²) >= 11 is 0.844. The molecule has 8 nitrogen and oxygen atoms in total. The lowest BCUT2D eigenvalue weighted by atomic mass is 10.1. The summed E-state index contributed by atoms with van der Waals surface area (Å²) < 4.78 is 33.0. The molecule has 1 N–H and O–H groups in total. The second-order valence-electron chi connectivity index (χ2n) is 6.12. The van der Waals surface area contributed by atoms with Gasteiger partial charge in [0.15, 0.2) is 0 Å². The minimum Gasteiger partial charge on any atom is -0.375 e. The van der Waals surface area contributed by atoms with Crippen LogP contribution in [-0.4, -0.2) is 54.1 Å². The van der Waals surface area contributed by atoms with Crippen LogP contribution in [0.15, 0.2) is 34.7 Å². The van der Waals surface area contributed by atoms with E-state index in [1.54, 1.807) is 6.92 Å². The SMILES string of the molecule is CC(=O)Nc1nnc(S(=O)(=O)N2CC(Cc3ccccc3)OCC2C)s1. The van der Waals surface area contributed by atoms with Gasteiger partial charge in [0.1, 0.15) is 0 Å². The van der Waals surface area contributed by atoms with Crippen LogP contribution >= 0.6 is 11.3 Å². The molecular formula is C16H20N4O4S2. The Morgan fingerprint density at radius 3 is 2.77 bits per heavy atom. The van der Waals surface area contributed by atoms with Gasteiger partial charge in [0.2, 0.25) is 15.4 Å². The zero-order valence-corrected chi connectivity index (χ0v) is 16.1. The lowest BCUT2D eigenvalue weighted by molar-refractivity contribution is -0.114. The van der Waals surface area contributed by atoms with Crippen molar-refractivity contribution in [3.63, 3.8) is 0 Å². The Morgan fingerprint density at radius 2 is 2.08 bits per heavy atom. The molecule has 1 aliphatic heterocycles. The normalized spacial score (nSPS) is 21.5. The fraction of sp³-hybridized carbons (Fsp3) is 0.438. The molecule has 1 aliphatic rings. The number of anilines is 1. The standard InChI is InChI=1S/C16H20N4O4S2/c1-11-10-24-14(8-13-6-4-3-5-7-13)9-20(11)26(22,23)16-19-18-15(25-16)17-12(2)21/h3-7,11,14H,8-10H2,1-2H3,(H,17,18,21). The van der Waals surface area contributed by atoms with Crippen LogP contribution in [-0.2, 0) is 26.0 Å². The summed E-state index contributed by atoms with van der Waals surface area (Å²) in [6.45, 7) is 3.68. The highest BCUT2D eigenvalue weighted by atomic mass is 32.2. The molecule has 0 radical (unpaired) electrons. The van der Waals surface area contributed by atoms with Crippen molar-refractivity contribution in [1.29, 1.82) is 0 Å². The van der Waals surface area contributed by atoms with Crippen LogP contribution in [0.3, 0.4) is 0 Å². The topological polar surface area (TPSA) is 101 Å². The maximum atomic E-state index is 13.0. The molecule has 1 saturated heterocycles. The van der Waals surface area contributed by atoms with E-state index in [0.29, 0.717) is 13.0 Å². The van der Waals surface area contributed by atoms with Crippen molar-refractivity contribution < 1.29 is 17.9 Å². The summed E-state index contributed by atoms with van der Waals surface area (Å²) in [5.41, 5.74) is 1.09. The summed E-state index contributed by atoms with van der Waals surface area (Å²) in [7, 11) is -3.80. The van der Waals surface area contributed by atoms with Crippen LogP contribution in [0.4, 0.5) is 5.13 Å². The molecule has 26 heavy (non-hydrogen) atoms. The highest BCUT2D eigenvalue weighted by Gasteiger charge is 2.37. The first-order valence-electron chi connectivity index (χ1n) is 8.14. The molecule has 1 amide bonds. The van der Waals surface area contributed by atoms with Gasteiger partial charge in [-0.3, -0.25) is 4.79 Å². The molecule has 0 saturated carbocycles. The summed E-state index contributed by atoms with van der Waals surface area (Å²) in [5, 5.41) is 10.1. The van der Waals surface area contributed by atoms with E-state index >= 15 is 0 Å². The fourth-order valence-electron chi connectivity index (χ4n) is 2.74. The zero-order chi connectivity index (χ0) is 18.7. The second kappa shape index (κ2) is 7.78. The average molecular weight is 396 g/mol. The van der Waals surface area contributed by atoms with E-state index in [1.165, 1.54) is 11.2 Å². The highest BCUT2D eigenvalue weighted by Crippen LogP contribution is 2.27. The van der Waals surface area contributed by atoms with Gasteiger partial charge in [0, 0.05) is 19.5 Å². The van der Waals surface area contributed by atoms with Crippen LogP contribution in [0, 0.1) is 0 Å². The number of morpholine rings is 1. The summed E-state index contributed by atoms with van der Waals surface area (Å²) in [4.78, 5) is 11.1. The lowest BCUT2D eigenvalue weighted by Gasteiger charge is -2.36. The van der Waals surface area contributed by atoms with Gasteiger partial charge in [-0.05, 0) is 18.9 Å². The molecule has 2 aromatic rings. The minimum absolute atomic E-state index is 0.131. The molecule has 2 heterocycles. The minimum atomic E-state index is -3.80. The van der Waals surface area contributed by atoms with E-state index < -0.39 is 10.0 Å². The molecule has 140 valence electrons. The molecule has 3 rings (SSSR count). The van der Waals surface area contributed by atoms with E-state index in [0.717, 1.165) is 16.9 Å². The number of aromatic nitrogens is 2. The first-order valence-corrected chi connectivity index (χ1v) is 10.4. The molecule has 0 bridgehead atoms. The van der Waals surface area contributed by atoms with Crippen LogP contribution in [0.5, 0.6) is 0 Å². The molecule has 1 fully saturated rings. The molecular weight excluding hydrogens is 376 g/mol. The Labute approximate surface area is 156 Å². The maximum Gasteiger partial charge on any atom is 0.272 e. The van der Waals surface area contributed by atoms with Gasteiger partial charge in [-0.1, -0.05) is 41.7 Å². The molecule has 10 heteroatoms. The zero-order valence-electron chi connectivity index (χ0n) is 14.5. The third kappa shape index (κ3) is 4.26. The van der Waals surface area contributed by atoms with Gasteiger partial charge >= 0.3 is 0 Å². The van der Waals surface area contributed by atoms with Crippen molar-refractivity contribution in [2.24, 2.45) is 0 Å².